The molecule has 0 atom stereocenters. The molecule has 8 nitrogen and oxygen atoms in total. The molecule has 0 aliphatic carbocycles. The molecule has 2 heterocycles. The maximum atomic E-state index is 12.3. The largest absolute Gasteiger partial charge is 0.486 e. The number of nitrogens with one attached hydrogen (secondary N) is 2. The number of benzene rings is 1. The van der Waals surface area contributed by atoms with E-state index < -0.39 is 0 Å². The van der Waals surface area contributed by atoms with Crippen molar-refractivity contribution in [3.05, 3.63) is 17.2 Å². The van der Waals surface area contributed by atoms with Crippen molar-refractivity contribution in [1.29, 1.82) is 0 Å². The van der Waals surface area contributed by atoms with Gasteiger partial charge < -0.3 is 20.1 Å². The van der Waals surface area contributed by atoms with Crippen molar-refractivity contribution in [2.75, 3.05) is 36.6 Å². The molecule has 1 aliphatic heterocycles. The molecule has 0 saturated carbocycles. The van der Waals surface area contributed by atoms with Crippen LogP contribution in [-0.2, 0) is 9.59 Å². The van der Waals surface area contributed by atoms with Gasteiger partial charge in [-0.3, -0.25) is 9.59 Å². The van der Waals surface area contributed by atoms with E-state index in [2.05, 4.69) is 20.8 Å². The average Bonchev–Trinajstić information content (AvgIpc) is 3.17. The Morgan fingerprint density at radius 3 is 2.38 bits per heavy atom. The molecule has 1 aliphatic rings. The second-order valence-electron chi connectivity index (χ2n) is 5.79. The number of hydrogen-bond acceptors (Lipinski definition) is 9. The first-order chi connectivity index (χ1) is 14.0. The van der Waals surface area contributed by atoms with Crippen molar-refractivity contribution in [2.45, 2.75) is 22.0 Å². The van der Waals surface area contributed by atoms with Gasteiger partial charge in [0.05, 0.1) is 22.2 Å². The van der Waals surface area contributed by atoms with E-state index >= 15 is 0 Å². The number of halogens is 1. The van der Waals surface area contributed by atoms with Crippen LogP contribution < -0.4 is 20.1 Å². The van der Waals surface area contributed by atoms with E-state index in [9.17, 15) is 9.59 Å². The van der Waals surface area contributed by atoms with Crippen LogP contribution in [0, 0.1) is 0 Å². The Morgan fingerprint density at radius 2 is 1.72 bits per heavy atom. The second-order valence-corrected chi connectivity index (χ2v) is 9.61. The van der Waals surface area contributed by atoms with Gasteiger partial charge in [-0.15, -0.1) is 10.2 Å². The van der Waals surface area contributed by atoms with Crippen molar-refractivity contribution in [1.82, 2.24) is 15.5 Å². The Hall–Kier alpha value is -1.69. The molecule has 0 bridgehead atoms. The summed E-state index contributed by atoms with van der Waals surface area (Å²) in [6, 6.07) is 3.28. The lowest BCUT2D eigenvalue weighted by Crippen LogP contribution is -2.25. The highest BCUT2D eigenvalue weighted by molar-refractivity contribution is 8.03. The van der Waals surface area contributed by atoms with E-state index in [1.807, 2.05) is 6.92 Å². The van der Waals surface area contributed by atoms with Crippen LogP contribution in [0.15, 0.2) is 20.8 Å². The number of anilines is 1. The number of rotatable bonds is 9. The summed E-state index contributed by atoms with van der Waals surface area (Å²) in [6.45, 7) is 3.59. The zero-order valence-corrected chi connectivity index (χ0v) is 18.7. The highest BCUT2D eigenvalue weighted by Gasteiger charge is 2.17. The predicted molar refractivity (Wildman–Crippen MR) is 116 cm³/mol. The van der Waals surface area contributed by atoms with Crippen molar-refractivity contribution in [3.8, 4) is 11.5 Å². The van der Waals surface area contributed by atoms with E-state index in [4.69, 9.17) is 21.1 Å². The Balaban J connectivity index is 1.46. The van der Waals surface area contributed by atoms with E-state index in [0.29, 0.717) is 56.4 Å². The Bertz CT molecular complexity index is 880. The first-order valence-corrected chi connectivity index (χ1v) is 12.0. The first-order valence-electron chi connectivity index (χ1n) is 8.80. The lowest BCUT2D eigenvalue weighted by atomic mass is 10.2. The van der Waals surface area contributed by atoms with Crippen LogP contribution in [0.5, 0.6) is 11.5 Å². The van der Waals surface area contributed by atoms with Gasteiger partial charge in [0.15, 0.2) is 20.2 Å². The first kappa shape index (κ1) is 22.0. The molecular weight excluding hydrogens is 456 g/mol. The Labute approximate surface area is 185 Å². The van der Waals surface area contributed by atoms with Gasteiger partial charge in [-0.1, -0.05) is 53.4 Å². The normalized spacial score (nSPS) is 12.5. The van der Waals surface area contributed by atoms with Crippen molar-refractivity contribution >= 4 is 64.0 Å². The van der Waals surface area contributed by atoms with E-state index in [0.717, 1.165) is 6.42 Å². The van der Waals surface area contributed by atoms with Crippen LogP contribution in [0.4, 0.5) is 5.69 Å². The number of nitrogens with zero attached hydrogens (tertiary/aromatic N) is 2. The molecule has 0 spiro atoms. The van der Waals surface area contributed by atoms with Crippen LogP contribution in [0.25, 0.3) is 0 Å². The molecule has 12 heteroatoms. The van der Waals surface area contributed by atoms with Crippen LogP contribution >= 0.6 is 46.5 Å². The number of amides is 2. The predicted octanol–water partition coefficient (Wildman–Crippen LogP) is 3.31. The quantitative estimate of drug-likeness (QED) is 0.533. The van der Waals surface area contributed by atoms with E-state index in [1.54, 1.807) is 12.1 Å². The van der Waals surface area contributed by atoms with Crippen molar-refractivity contribution in [2.24, 2.45) is 0 Å². The minimum absolute atomic E-state index is 0.0306. The van der Waals surface area contributed by atoms with Crippen LogP contribution in [-0.4, -0.2) is 53.3 Å². The third kappa shape index (κ3) is 6.66. The number of carbonyl (C=O) groups is 2. The fourth-order valence-electron chi connectivity index (χ4n) is 2.23. The summed E-state index contributed by atoms with van der Waals surface area (Å²) in [5, 5.41) is 14.0. The van der Waals surface area contributed by atoms with Gasteiger partial charge in [-0.25, -0.2) is 0 Å². The lowest BCUT2D eigenvalue weighted by Gasteiger charge is -2.19. The van der Waals surface area contributed by atoms with Gasteiger partial charge in [0.25, 0.3) is 0 Å². The SMILES string of the molecule is CCCNC(=O)CSc1nnc(SCC(=O)Nc2cc3c(cc2Cl)OCCO3)s1. The van der Waals surface area contributed by atoms with Gasteiger partial charge in [0, 0.05) is 18.7 Å². The monoisotopic (exact) mass is 474 g/mol. The number of aromatic nitrogens is 2. The highest BCUT2D eigenvalue weighted by Crippen LogP contribution is 2.38. The fraction of sp³-hybridized carbons (Fsp3) is 0.412. The standard InChI is InChI=1S/C17H19ClN4O4S3/c1-2-3-19-14(23)8-27-16-21-22-17(29-16)28-9-15(24)20-11-7-13-12(6-10(11)18)25-4-5-26-13/h6-7H,2-5,8-9H2,1H3,(H,19,23)(H,20,24). The summed E-state index contributed by atoms with van der Waals surface area (Å²) in [5.74, 6) is 1.31. The Kier molecular flexibility index (Phi) is 8.28. The van der Waals surface area contributed by atoms with Gasteiger partial charge in [-0.2, -0.15) is 0 Å². The van der Waals surface area contributed by atoms with Gasteiger partial charge in [0.2, 0.25) is 11.8 Å². The molecule has 2 aromatic rings. The molecule has 156 valence electrons. The number of hydrogen-bond donors (Lipinski definition) is 2. The molecule has 3 rings (SSSR count). The van der Waals surface area contributed by atoms with Gasteiger partial charge >= 0.3 is 0 Å². The molecule has 0 unspecified atom stereocenters. The molecule has 0 saturated heterocycles. The molecule has 0 fully saturated rings. The summed E-state index contributed by atoms with van der Waals surface area (Å²) in [6.07, 6.45) is 0.898. The average molecular weight is 475 g/mol. The molecule has 0 radical (unpaired) electrons. The number of fused-ring (bicyclic) bond motifs is 1. The summed E-state index contributed by atoms with van der Waals surface area (Å²) in [4.78, 5) is 23.9. The molecular formula is C17H19ClN4O4S3. The fourth-order valence-corrected chi connectivity index (χ4v) is 5.08. The van der Waals surface area contributed by atoms with Crippen LogP contribution in [0.2, 0.25) is 5.02 Å². The zero-order valence-electron chi connectivity index (χ0n) is 15.5. The maximum absolute atomic E-state index is 12.3. The third-order valence-electron chi connectivity index (χ3n) is 3.52. The second kappa shape index (κ2) is 10.9. The molecule has 2 amide bonds. The molecule has 29 heavy (non-hydrogen) atoms. The maximum Gasteiger partial charge on any atom is 0.234 e. The van der Waals surface area contributed by atoms with Crippen molar-refractivity contribution < 1.29 is 19.1 Å². The highest BCUT2D eigenvalue weighted by atomic mass is 35.5. The van der Waals surface area contributed by atoms with Crippen LogP contribution in [0.1, 0.15) is 13.3 Å². The summed E-state index contributed by atoms with van der Waals surface area (Å²) < 4.78 is 12.3. The molecule has 1 aromatic carbocycles. The molecule has 2 N–H and O–H groups in total. The van der Waals surface area contributed by atoms with Crippen LogP contribution in [0.3, 0.4) is 0 Å². The third-order valence-corrected chi connectivity index (χ3v) is 7.02. The summed E-state index contributed by atoms with van der Waals surface area (Å²) in [5.41, 5.74) is 0.466. The smallest absolute Gasteiger partial charge is 0.234 e. The zero-order chi connectivity index (χ0) is 20.6. The summed E-state index contributed by atoms with van der Waals surface area (Å²) in [7, 11) is 0. The Morgan fingerprint density at radius 1 is 1.10 bits per heavy atom. The topological polar surface area (TPSA) is 102 Å². The van der Waals surface area contributed by atoms with Gasteiger partial charge in [0.1, 0.15) is 13.2 Å². The number of ether oxygens (including phenoxy) is 2. The number of thioether (sulfide) groups is 2. The molecule has 1 aromatic heterocycles. The van der Waals surface area contributed by atoms with E-state index in [1.165, 1.54) is 34.9 Å². The summed E-state index contributed by atoms with van der Waals surface area (Å²) >= 11 is 10.2. The minimum Gasteiger partial charge on any atom is -0.486 e. The lowest BCUT2D eigenvalue weighted by molar-refractivity contribution is -0.118. The van der Waals surface area contributed by atoms with Crippen molar-refractivity contribution in [3.63, 3.8) is 0 Å². The minimum atomic E-state index is -0.225. The van der Waals surface area contributed by atoms with Gasteiger partial charge in [-0.05, 0) is 6.42 Å². The van der Waals surface area contributed by atoms with E-state index in [-0.39, 0.29) is 17.6 Å². The number of carbonyl (C=O) groups excluding carboxylic acids is 2.